The van der Waals surface area contributed by atoms with Crippen LogP contribution in [0, 0.1) is 11.8 Å². The maximum absolute atomic E-state index is 6.25. The van der Waals surface area contributed by atoms with Gasteiger partial charge in [-0.3, -0.25) is 4.90 Å². The van der Waals surface area contributed by atoms with E-state index in [1.807, 2.05) is 0 Å². The van der Waals surface area contributed by atoms with Crippen molar-refractivity contribution in [2.75, 3.05) is 19.6 Å². The molecule has 0 bridgehead atoms. The fraction of sp³-hybridized carbons (Fsp3) is 1.00. The van der Waals surface area contributed by atoms with Gasteiger partial charge in [0.2, 0.25) is 0 Å². The number of piperazine rings is 1. The smallest absolute Gasteiger partial charge is 0.0710 e. The summed E-state index contributed by atoms with van der Waals surface area (Å²) in [6, 6.07) is 1.44. The Morgan fingerprint density at radius 1 is 1.24 bits per heavy atom. The zero-order valence-electron chi connectivity index (χ0n) is 14.4. The van der Waals surface area contributed by atoms with Crippen molar-refractivity contribution in [3.63, 3.8) is 0 Å². The van der Waals surface area contributed by atoms with E-state index in [1.165, 1.54) is 45.2 Å². The molecule has 3 unspecified atom stereocenters. The van der Waals surface area contributed by atoms with Gasteiger partial charge in [0.1, 0.15) is 0 Å². The molecule has 122 valence electrons. The molecule has 0 radical (unpaired) electrons. The second-order valence-electron chi connectivity index (χ2n) is 8.63. The molecule has 1 aliphatic carbocycles. The normalized spacial score (nSPS) is 37.3. The molecule has 0 spiro atoms. The standard InChI is InChI=1S/C18H34N2O/c1-13(2)9-15-10-19-17(14-5-6-14)12-20(15)11-16-7-8-18(3,4)21-16/h13-17,19H,5-12H2,1-4H3. The number of rotatable bonds is 5. The van der Waals surface area contributed by atoms with Gasteiger partial charge in [-0.15, -0.1) is 0 Å². The highest BCUT2D eigenvalue weighted by Crippen LogP contribution is 2.36. The van der Waals surface area contributed by atoms with Crippen LogP contribution in [-0.4, -0.2) is 48.3 Å². The van der Waals surface area contributed by atoms with E-state index in [1.54, 1.807) is 0 Å². The molecule has 1 N–H and O–H groups in total. The first-order valence-corrected chi connectivity index (χ1v) is 9.08. The predicted octanol–water partition coefficient (Wildman–Crippen LogP) is 3.04. The average molecular weight is 294 g/mol. The van der Waals surface area contributed by atoms with Crippen molar-refractivity contribution in [3.8, 4) is 0 Å². The van der Waals surface area contributed by atoms with Crippen LogP contribution in [0.1, 0.15) is 59.8 Å². The summed E-state index contributed by atoms with van der Waals surface area (Å²) in [5.41, 5.74) is 0.0993. The number of hydrogen-bond donors (Lipinski definition) is 1. The van der Waals surface area contributed by atoms with Gasteiger partial charge in [0, 0.05) is 31.7 Å². The van der Waals surface area contributed by atoms with Gasteiger partial charge in [-0.25, -0.2) is 0 Å². The zero-order chi connectivity index (χ0) is 15.0. The molecular weight excluding hydrogens is 260 g/mol. The summed E-state index contributed by atoms with van der Waals surface area (Å²) in [5.74, 6) is 1.73. The van der Waals surface area contributed by atoms with Crippen molar-refractivity contribution in [1.82, 2.24) is 10.2 Å². The van der Waals surface area contributed by atoms with Gasteiger partial charge in [0.25, 0.3) is 0 Å². The number of nitrogens with one attached hydrogen (secondary N) is 1. The van der Waals surface area contributed by atoms with E-state index in [4.69, 9.17) is 4.74 Å². The van der Waals surface area contributed by atoms with Crippen molar-refractivity contribution in [3.05, 3.63) is 0 Å². The summed E-state index contributed by atoms with van der Waals surface area (Å²) in [6.45, 7) is 12.7. The average Bonchev–Trinajstić information content (AvgIpc) is 3.17. The predicted molar refractivity (Wildman–Crippen MR) is 87.5 cm³/mol. The Labute approximate surface area is 130 Å². The number of nitrogens with zero attached hydrogens (tertiary/aromatic N) is 1. The molecule has 0 aromatic heterocycles. The largest absolute Gasteiger partial charge is 0.371 e. The minimum absolute atomic E-state index is 0.0993. The number of hydrogen-bond acceptors (Lipinski definition) is 3. The van der Waals surface area contributed by atoms with Gasteiger partial charge in [-0.05, 0) is 57.8 Å². The highest BCUT2D eigenvalue weighted by Gasteiger charge is 2.39. The fourth-order valence-corrected chi connectivity index (χ4v) is 4.17. The van der Waals surface area contributed by atoms with Crippen molar-refractivity contribution >= 4 is 0 Å². The minimum Gasteiger partial charge on any atom is -0.371 e. The van der Waals surface area contributed by atoms with Crippen LogP contribution in [0.2, 0.25) is 0 Å². The van der Waals surface area contributed by atoms with Crippen LogP contribution in [0.15, 0.2) is 0 Å². The Morgan fingerprint density at radius 3 is 2.57 bits per heavy atom. The highest BCUT2D eigenvalue weighted by atomic mass is 16.5. The van der Waals surface area contributed by atoms with Gasteiger partial charge in [0.15, 0.2) is 0 Å². The third-order valence-electron chi connectivity index (χ3n) is 5.49. The van der Waals surface area contributed by atoms with Gasteiger partial charge >= 0.3 is 0 Å². The third kappa shape index (κ3) is 4.20. The van der Waals surface area contributed by atoms with Crippen LogP contribution in [0.4, 0.5) is 0 Å². The summed E-state index contributed by atoms with van der Waals surface area (Å²) in [7, 11) is 0. The molecule has 21 heavy (non-hydrogen) atoms. The monoisotopic (exact) mass is 294 g/mol. The van der Waals surface area contributed by atoms with Crippen molar-refractivity contribution in [1.29, 1.82) is 0 Å². The SMILES string of the molecule is CC(C)CC1CNC(C2CC2)CN1CC1CCC(C)(C)O1. The van der Waals surface area contributed by atoms with E-state index >= 15 is 0 Å². The summed E-state index contributed by atoms with van der Waals surface area (Å²) < 4.78 is 6.25. The molecule has 0 amide bonds. The maximum Gasteiger partial charge on any atom is 0.0710 e. The van der Waals surface area contributed by atoms with Crippen LogP contribution in [0.25, 0.3) is 0 Å². The second-order valence-corrected chi connectivity index (χ2v) is 8.63. The molecular formula is C18H34N2O. The lowest BCUT2D eigenvalue weighted by Gasteiger charge is -2.42. The summed E-state index contributed by atoms with van der Waals surface area (Å²) in [4.78, 5) is 2.76. The lowest BCUT2D eigenvalue weighted by molar-refractivity contribution is -0.0404. The second kappa shape index (κ2) is 6.17. The van der Waals surface area contributed by atoms with Crippen LogP contribution in [0.5, 0.6) is 0 Å². The lowest BCUT2D eigenvalue weighted by Crippen LogP contribution is -2.59. The van der Waals surface area contributed by atoms with Crippen LogP contribution in [0.3, 0.4) is 0 Å². The Bertz CT molecular complexity index is 351. The molecule has 3 rings (SSSR count). The minimum atomic E-state index is 0.0993. The zero-order valence-corrected chi connectivity index (χ0v) is 14.4. The van der Waals surface area contributed by atoms with Crippen molar-refractivity contribution < 1.29 is 4.74 Å². The molecule has 3 nitrogen and oxygen atoms in total. The van der Waals surface area contributed by atoms with Gasteiger partial charge in [-0.1, -0.05) is 13.8 Å². The summed E-state index contributed by atoms with van der Waals surface area (Å²) in [6.07, 6.45) is 7.08. The molecule has 0 aromatic rings. The highest BCUT2D eigenvalue weighted by molar-refractivity contribution is 4.96. The van der Waals surface area contributed by atoms with Crippen LogP contribution in [-0.2, 0) is 4.74 Å². The first kappa shape index (κ1) is 15.8. The molecule has 2 heterocycles. The first-order valence-electron chi connectivity index (χ1n) is 9.08. The summed E-state index contributed by atoms with van der Waals surface area (Å²) >= 11 is 0. The molecule has 1 saturated carbocycles. The van der Waals surface area contributed by atoms with E-state index in [-0.39, 0.29) is 5.60 Å². The Kier molecular flexibility index (Phi) is 4.63. The van der Waals surface area contributed by atoms with Gasteiger partial charge in [0.05, 0.1) is 11.7 Å². The Balaban J connectivity index is 1.59. The van der Waals surface area contributed by atoms with E-state index in [9.17, 15) is 0 Å². The van der Waals surface area contributed by atoms with Crippen molar-refractivity contribution in [2.24, 2.45) is 11.8 Å². The summed E-state index contributed by atoms with van der Waals surface area (Å²) in [5, 5.41) is 3.83. The van der Waals surface area contributed by atoms with Gasteiger partial charge < -0.3 is 10.1 Å². The van der Waals surface area contributed by atoms with E-state index in [2.05, 4.69) is 37.9 Å². The number of ether oxygens (including phenoxy) is 1. The molecule has 3 atom stereocenters. The molecule has 3 fully saturated rings. The first-order chi connectivity index (χ1) is 9.93. The van der Waals surface area contributed by atoms with Crippen molar-refractivity contribution in [2.45, 2.75) is 83.6 Å². The molecule has 3 aliphatic rings. The van der Waals surface area contributed by atoms with E-state index in [0.29, 0.717) is 12.1 Å². The third-order valence-corrected chi connectivity index (χ3v) is 5.49. The topological polar surface area (TPSA) is 24.5 Å². The molecule has 2 saturated heterocycles. The fourth-order valence-electron chi connectivity index (χ4n) is 4.17. The van der Waals surface area contributed by atoms with Crippen LogP contribution < -0.4 is 5.32 Å². The van der Waals surface area contributed by atoms with E-state index in [0.717, 1.165) is 24.4 Å². The Hall–Kier alpha value is -0.120. The quantitative estimate of drug-likeness (QED) is 0.843. The molecule has 2 aliphatic heterocycles. The van der Waals surface area contributed by atoms with E-state index < -0.39 is 0 Å². The molecule has 3 heteroatoms. The van der Waals surface area contributed by atoms with Crippen LogP contribution >= 0.6 is 0 Å². The maximum atomic E-state index is 6.25. The van der Waals surface area contributed by atoms with Gasteiger partial charge in [-0.2, -0.15) is 0 Å². The Morgan fingerprint density at radius 2 is 2.00 bits per heavy atom. The lowest BCUT2D eigenvalue weighted by atomic mass is 9.97. The molecule has 0 aromatic carbocycles.